The van der Waals surface area contributed by atoms with Crippen molar-refractivity contribution in [1.29, 1.82) is 0 Å². The fourth-order valence-electron chi connectivity index (χ4n) is 1.43. The van der Waals surface area contributed by atoms with Gasteiger partial charge in [0.2, 0.25) is 0 Å². The summed E-state index contributed by atoms with van der Waals surface area (Å²) in [5, 5.41) is 0. The van der Waals surface area contributed by atoms with Crippen LogP contribution in [0, 0.1) is 0 Å². The smallest absolute Gasteiger partial charge is 0.337 e. The van der Waals surface area contributed by atoms with Gasteiger partial charge in [-0.3, -0.25) is 0 Å². The van der Waals surface area contributed by atoms with Crippen LogP contribution >= 0.6 is 0 Å². The van der Waals surface area contributed by atoms with Crippen molar-refractivity contribution >= 4 is 5.97 Å². The maximum absolute atomic E-state index is 11.2. The molecule has 20 heavy (non-hydrogen) atoms. The standard InChI is InChI=1S/C14H21NO5/c1-17-14(16)12-2-4-13(5-3-12)20-11-10-19-9-8-18-7-6-15/h2-5H,6-11,15H2,1H3. The third kappa shape index (κ3) is 6.51. The van der Waals surface area contributed by atoms with Crippen LogP contribution in [-0.4, -0.2) is 52.7 Å². The van der Waals surface area contributed by atoms with Crippen LogP contribution in [0.5, 0.6) is 5.75 Å². The second kappa shape index (κ2) is 10.2. The Morgan fingerprint density at radius 2 is 1.60 bits per heavy atom. The van der Waals surface area contributed by atoms with Gasteiger partial charge in [-0.05, 0) is 24.3 Å². The molecular formula is C14H21NO5. The molecule has 0 bridgehead atoms. The molecule has 0 saturated carbocycles. The molecule has 0 unspecified atom stereocenters. The van der Waals surface area contributed by atoms with Crippen LogP contribution in [0.4, 0.5) is 0 Å². The number of hydrogen-bond acceptors (Lipinski definition) is 6. The predicted molar refractivity (Wildman–Crippen MR) is 74.0 cm³/mol. The van der Waals surface area contributed by atoms with Gasteiger partial charge in [-0.15, -0.1) is 0 Å². The molecule has 0 aromatic heterocycles. The summed E-state index contributed by atoms with van der Waals surface area (Å²) in [7, 11) is 1.35. The minimum Gasteiger partial charge on any atom is -0.491 e. The van der Waals surface area contributed by atoms with E-state index in [4.69, 9.17) is 19.9 Å². The second-order valence-electron chi connectivity index (χ2n) is 3.88. The molecule has 0 atom stereocenters. The van der Waals surface area contributed by atoms with Crippen LogP contribution < -0.4 is 10.5 Å². The van der Waals surface area contributed by atoms with Gasteiger partial charge in [0.25, 0.3) is 0 Å². The van der Waals surface area contributed by atoms with Crippen molar-refractivity contribution in [3.05, 3.63) is 29.8 Å². The number of hydrogen-bond donors (Lipinski definition) is 1. The molecule has 0 heterocycles. The average Bonchev–Trinajstić information content (AvgIpc) is 2.50. The van der Waals surface area contributed by atoms with Gasteiger partial charge in [0, 0.05) is 6.54 Å². The topological polar surface area (TPSA) is 80.0 Å². The molecule has 112 valence electrons. The van der Waals surface area contributed by atoms with Crippen LogP contribution in [-0.2, 0) is 14.2 Å². The van der Waals surface area contributed by atoms with Gasteiger partial charge in [0.15, 0.2) is 0 Å². The minimum atomic E-state index is -0.364. The first kappa shape index (κ1) is 16.4. The van der Waals surface area contributed by atoms with Crippen molar-refractivity contribution in [3.8, 4) is 5.75 Å². The Morgan fingerprint density at radius 1 is 1.00 bits per heavy atom. The van der Waals surface area contributed by atoms with E-state index in [0.29, 0.717) is 50.9 Å². The first-order valence-electron chi connectivity index (χ1n) is 6.44. The Hall–Kier alpha value is -1.63. The lowest BCUT2D eigenvalue weighted by molar-refractivity contribution is 0.0388. The highest BCUT2D eigenvalue weighted by atomic mass is 16.5. The quantitative estimate of drug-likeness (QED) is 0.506. The van der Waals surface area contributed by atoms with Crippen LogP contribution in [0.15, 0.2) is 24.3 Å². The average molecular weight is 283 g/mol. The number of rotatable bonds is 10. The number of benzene rings is 1. The fourth-order valence-corrected chi connectivity index (χ4v) is 1.43. The summed E-state index contributed by atoms with van der Waals surface area (Å²) < 4.78 is 20.5. The Bertz CT molecular complexity index is 380. The summed E-state index contributed by atoms with van der Waals surface area (Å²) in [5.41, 5.74) is 5.77. The minimum absolute atomic E-state index is 0.364. The molecule has 6 heteroatoms. The summed E-state index contributed by atoms with van der Waals surface area (Å²) in [5.74, 6) is 0.318. The van der Waals surface area contributed by atoms with Crippen LogP contribution in [0.2, 0.25) is 0 Å². The molecule has 1 aromatic carbocycles. The number of nitrogens with two attached hydrogens (primary N) is 1. The maximum Gasteiger partial charge on any atom is 0.337 e. The predicted octanol–water partition coefficient (Wildman–Crippen LogP) is 0.844. The molecule has 0 radical (unpaired) electrons. The van der Waals surface area contributed by atoms with E-state index in [-0.39, 0.29) is 5.97 Å². The van der Waals surface area contributed by atoms with E-state index < -0.39 is 0 Å². The first-order valence-corrected chi connectivity index (χ1v) is 6.44. The van der Waals surface area contributed by atoms with Gasteiger partial charge in [-0.1, -0.05) is 0 Å². The fraction of sp³-hybridized carbons (Fsp3) is 0.500. The SMILES string of the molecule is COC(=O)c1ccc(OCCOCCOCCN)cc1. The van der Waals surface area contributed by atoms with Crippen molar-refractivity contribution in [1.82, 2.24) is 0 Å². The summed E-state index contributed by atoms with van der Waals surface area (Å²) in [6, 6.07) is 6.75. The lowest BCUT2D eigenvalue weighted by atomic mass is 10.2. The van der Waals surface area contributed by atoms with Crippen molar-refractivity contribution < 1.29 is 23.7 Å². The van der Waals surface area contributed by atoms with E-state index in [9.17, 15) is 4.79 Å². The third-order valence-corrected chi connectivity index (χ3v) is 2.41. The molecule has 0 aliphatic heterocycles. The molecule has 0 aliphatic rings. The highest BCUT2D eigenvalue weighted by molar-refractivity contribution is 5.89. The number of carbonyl (C=O) groups excluding carboxylic acids is 1. The summed E-state index contributed by atoms with van der Waals surface area (Å²) >= 11 is 0. The zero-order valence-electron chi connectivity index (χ0n) is 11.7. The summed E-state index contributed by atoms with van der Waals surface area (Å²) in [6.45, 7) is 3.03. The first-order chi connectivity index (χ1) is 9.77. The molecule has 6 nitrogen and oxygen atoms in total. The van der Waals surface area contributed by atoms with E-state index in [0.717, 1.165) is 0 Å². The van der Waals surface area contributed by atoms with Gasteiger partial charge in [0.1, 0.15) is 12.4 Å². The van der Waals surface area contributed by atoms with Crippen LogP contribution in [0.1, 0.15) is 10.4 Å². The zero-order chi connectivity index (χ0) is 14.6. The van der Waals surface area contributed by atoms with E-state index in [1.54, 1.807) is 24.3 Å². The Morgan fingerprint density at radius 3 is 2.20 bits per heavy atom. The molecule has 0 amide bonds. The van der Waals surface area contributed by atoms with Crippen LogP contribution in [0.25, 0.3) is 0 Å². The number of ether oxygens (including phenoxy) is 4. The highest BCUT2D eigenvalue weighted by Crippen LogP contribution is 2.12. The second-order valence-corrected chi connectivity index (χ2v) is 3.88. The number of esters is 1. The van der Waals surface area contributed by atoms with E-state index >= 15 is 0 Å². The van der Waals surface area contributed by atoms with Gasteiger partial charge in [-0.2, -0.15) is 0 Å². The van der Waals surface area contributed by atoms with E-state index in [1.165, 1.54) is 7.11 Å². The molecule has 1 aromatic rings. The lowest BCUT2D eigenvalue weighted by Crippen LogP contribution is -2.14. The summed E-state index contributed by atoms with van der Waals surface area (Å²) in [6.07, 6.45) is 0. The Balaban J connectivity index is 2.11. The molecule has 1 rings (SSSR count). The van der Waals surface area contributed by atoms with Crippen LogP contribution in [0.3, 0.4) is 0 Å². The van der Waals surface area contributed by atoms with Crippen molar-refractivity contribution in [3.63, 3.8) is 0 Å². The molecule has 0 saturated heterocycles. The van der Waals surface area contributed by atoms with E-state index in [2.05, 4.69) is 4.74 Å². The van der Waals surface area contributed by atoms with Gasteiger partial charge in [0.05, 0.1) is 39.1 Å². The molecular weight excluding hydrogens is 262 g/mol. The van der Waals surface area contributed by atoms with Crippen molar-refractivity contribution in [2.45, 2.75) is 0 Å². The Kier molecular flexibility index (Phi) is 8.37. The van der Waals surface area contributed by atoms with Crippen molar-refractivity contribution in [2.24, 2.45) is 5.73 Å². The molecule has 0 fully saturated rings. The molecule has 0 spiro atoms. The largest absolute Gasteiger partial charge is 0.491 e. The maximum atomic E-state index is 11.2. The third-order valence-electron chi connectivity index (χ3n) is 2.41. The van der Waals surface area contributed by atoms with Gasteiger partial charge in [-0.25, -0.2) is 4.79 Å². The van der Waals surface area contributed by atoms with Gasteiger partial charge >= 0.3 is 5.97 Å². The zero-order valence-corrected chi connectivity index (χ0v) is 11.7. The molecule has 2 N–H and O–H groups in total. The van der Waals surface area contributed by atoms with Gasteiger partial charge < -0.3 is 24.7 Å². The highest BCUT2D eigenvalue weighted by Gasteiger charge is 2.04. The normalized spacial score (nSPS) is 10.3. The summed E-state index contributed by atoms with van der Waals surface area (Å²) in [4.78, 5) is 11.2. The van der Waals surface area contributed by atoms with Crippen molar-refractivity contribution in [2.75, 3.05) is 46.7 Å². The lowest BCUT2D eigenvalue weighted by Gasteiger charge is -2.08. The monoisotopic (exact) mass is 283 g/mol. The Labute approximate surface area is 118 Å². The van der Waals surface area contributed by atoms with E-state index in [1.807, 2.05) is 0 Å². The number of methoxy groups -OCH3 is 1. The molecule has 0 aliphatic carbocycles. The number of carbonyl (C=O) groups is 1.